The highest BCUT2D eigenvalue weighted by Gasteiger charge is 2.51. The number of hydrogen-bond donors (Lipinski definition) is 0. The van der Waals surface area contributed by atoms with Crippen LogP contribution in [0, 0.1) is 0 Å². The number of para-hydroxylation sites is 1. The van der Waals surface area contributed by atoms with Crippen LogP contribution in [0.1, 0.15) is 27.7 Å². The van der Waals surface area contributed by atoms with Gasteiger partial charge in [-0.25, -0.2) is 0 Å². The molecule has 1 aliphatic rings. The monoisotopic (exact) mass is 446 g/mol. The van der Waals surface area contributed by atoms with E-state index in [4.69, 9.17) is 13.7 Å². The van der Waals surface area contributed by atoms with E-state index in [2.05, 4.69) is 107 Å². The SMILES string of the molecule is CC1(C)OB(c2cccc(-c3cccc4oc5c(-c6ccccc6)cccc5c34)c2)OC1(C)C. The maximum Gasteiger partial charge on any atom is 0.494 e. The van der Waals surface area contributed by atoms with Crippen molar-refractivity contribution in [1.29, 1.82) is 0 Å². The fourth-order valence-corrected chi connectivity index (χ4v) is 4.77. The van der Waals surface area contributed by atoms with Crippen molar-refractivity contribution in [1.82, 2.24) is 0 Å². The third-order valence-electron chi connectivity index (χ3n) is 7.33. The van der Waals surface area contributed by atoms with Crippen molar-refractivity contribution in [2.45, 2.75) is 38.9 Å². The molecule has 0 radical (unpaired) electrons. The van der Waals surface area contributed by atoms with Gasteiger partial charge in [0.25, 0.3) is 0 Å². The minimum absolute atomic E-state index is 0.373. The summed E-state index contributed by atoms with van der Waals surface area (Å²) >= 11 is 0. The smallest absolute Gasteiger partial charge is 0.455 e. The molecule has 1 saturated heterocycles. The molecule has 0 unspecified atom stereocenters. The van der Waals surface area contributed by atoms with Gasteiger partial charge in [0.1, 0.15) is 11.2 Å². The van der Waals surface area contributed by atoms with Gasteiger partial charge < -0.3 is 13.7 Å². The topological polar surface area (TPSA) is 31.6 Å². The number of rotatable bonds is 3. The Bertz CT molecular complexity index is 1500. The molecule has 0 amide bonds. The summed E-state index contributed by atoms with van der Waals surface area (Å²) in [6.07, 6.45) is 0. The first-order valence-electron chi connectivity index (χ1n) is 11.8. The second-order valence-corrected chi connectivity index (χ2v) is 10.0. The molecule has 0 atom stereocenters. The molecule has 6 rings (SSSR count). The normalized spacial score (nSPS) is 17.0. The summed E-state index contributed by atoms with van der Waals surface area (Å²) in [7, 11) is -0.394. The van der Waals surface area contributed by atoms with Crippen LogP contribution < -0.4 is 5.46 Å². The van der Waals surface area contributed by atoms with Crippen LogP contribution in [0.25, 0.3) is 44.2 Å². The molecule has 0 saturated carbocycles. The van der Waals surface area contributed by atoms with Gasteiger partial charge in [-0.3, -0.25) is 0 Å². The van der Waals surface area contributed by atoms with Gasteiger partial charge in [-0.15, -0.1) is 0 Å². The van der Waals surface area contributed by atoms with E-state index in [1.54, 1.807) is 0 Å². The molecule has 2 heterocycles. The van der Waals surface area contributed by atoms with Gasteiger partial charge in [0.15, 0.2) is 0 Å². The van der Waals surface area contributed by atoms with Gasteiger partial charge in [-0.05, 0) is 55.9 Å². The molecule has 4 aromatic carbocycles. The molecule has 168 valence electrons. The number of benzene rings is 4. The second kappa shape index (κ2) is 7.59. The summed E-state index contributed by atoms with van der Waals surface area (Å²) < 4.78 is 19.1. The van der Waals surface area contributed by atoms with E-state index in [-0.39, 0.29) is 11.2 Å². The summed E-state index contributed by atoms with van der Waals surface area (Å²) in [6, 6.07) is 31.5. The highest BCUT2D eigenvalue weighted by molar-refractivity contribution is 6.62. The fourth-order valence-electron chi connectivity index (χ4n) is 4.77. The molecule has 3 nitrogen and oxygen atoms in total. The third-order valence-corrected chi connectivity index (χ3v) is 7.33. The maximum atomic E-state index is 6.44. The molecular formula is C30H27BO3. The van der Waals surface area contributed by atoms with Gasteiger partial charge >= 0.3 is 7.12 Å². The Kier molecular flexibility index (Phi) is 4.74. The Morgan fingerprint density at radius 2 is 1.26 bits per heavy atom. The molecule has 0 aliphatic carbocycles. The highest BCUT2D eigenvalue weighted by Crippen LogP contribution is 2.41. The minimum atomic E-state index is -0.394. The first-order valence-corrected chi connectivity index (χ1v) is 11.8. The predicted molar refractivity (Wildman–Crippen MR) is 140 cm³/mol. The zero-order valence-corrected chi connectivity index (χ0v) is 20.0. The molecule has 1 aliphatic heterocycles. The van der Waals surface area contributed by atoms with Crippen molar-refractivity contribution in [2.75, 3.05) is 0 Å². The number of hydrogen-bond acceptors (Lipinski definition) is 3. The van der Waals surface area contributed by atoms with Gasteiger partial charge in [-0.1, -0.05) is 84.9 Å². The van der Waals surface area contributed by atoms with Crippen LogP contribution in [0.4, 0.5) is 0 Å². The van der Waals surface area contributed by atoms with E-state index in [1.165, 1.54) is 0 Å². The standard InChI is InChI=1S/C30H27BO3/c1-29(2)30(3,4)34-31(33-29)22-14-8-13-21(19-22)23-15-10-18-26-27(23)25-17-9-16-24(28(25)32-26)20-11-6-5-7-12-20/h5-19H,1-4H3. The van der Waals surface area contributed by atoms with Crippen LogP contribution in [-0.2, 0) is 9.31 Å². The molecule has 1 fully saturated rings. The minimum Gasteiger partial charge on any atom is -0.455 e. The van der Waals surface area contributed by atoms with Crippen LogP contribution in [0.2, 0.25) is 0 Å². The summed E-state index contributed by atoms with van der Waals surface area (Å²) in [6.45, 7) is 8.33. The molecule has 0 N–H and O–H groups in total. The second-order valence-electron chi connectivity index (χ2n) is 10.0. The highest BCUT2D eigenvalue weighted by atomic mass is 16.7. The maximum absolute atomic E-state index is 6.44. The van der Waals surface area contributed by atoms with Crippen molar-refractivity contribution in [3.8, 4) is 22.3 Å². The fraction of sp³-hybridized carbons (Fsp3) is 0.200. The average Bonchev–Trinajstić information content (AvgIpc) is 3.33. The zero-order valence-electron chi connectivity index (χ0n) is 20.0. The Hall–Kier alpha value is -3.34. The van der Waals surface area contributed by atoms with Crippen molar-refractivity contribution < 1.29 is 13.7 Å². The first-order chi connectivity index (χ1) is 16.3. The van der Waals surface area contributed by atoms with E-state index in [9.17, 15) is 0 Å². The lowest BCUT2D eigenvalue weighted by atomic mass is 9.78. The quantitative estimate of drug-likeness (QED) is 0.274. The zero-order chi connectivity index (χ0) is 23.5. The average molecular weight is 446 g/mol. The summed E-state index contributed by atoms with van der Waals surface area (Å²) in [5, 5.41) is 2.24. The predicted octanol–water partition coefficient (Wildman–Crippen LogP) is 7.22. The van der Waals surface area contributed by atoms with Crippen LogP contribution >= 0.6 is 0 Å². The molecular weight excluding hydrogens is 419 g/mol. The van der Waals surface area contributed by atoms with Gasteiger partial charge in [0.2, 0.25) is 0 Å². The van der Waals surface area contributed by atoms with E-state index in [0.717, 1.165) is 49.7 Å². The Labute approximate surface area is 200 Å². The summed E-state index contributed by atoms with van der Waals surface area (Å²) in [5.74, 6) is 0. The Balaban J connectivity index is 1.50. The summed E-state index contributed by atoms with van der Waals surface area (Å²) in [4.78, 5) is 0. The lowest BCUT2D eigenvalue weighted by Crippen LogP contribution is -2.41. The van der Waals surface area contributed by atoms with Crippen LogP contribution in [0.3, 0.4) is 0 Å². The molecule has 1 aromatic heterocycles. The summed E-state index contributed by atoms with van der Waals surface area (Å²) in [5.41, 5.74) is 6.58. The molecule has 4 heteroatoms. The molecule has 0 bridgehead atoms. The number of furan rings is 1. The van der Waals surface area contributed by atoms with Crippen molar-refractivity contribution in [3.63, 3.8) is 0 Å². The van der Waals surface area contributed by atoms with Crippen LogP contribution in [0.15, 0.2) is 95.4 Å². The van der Waals surface area contributed by atoms with Crippen molar-refractivity contribution >= 4 is 34.5 Å². The van der Waals surface area contributed by atoms with Crippen molar-refractivity contribution in [2.24, 2.45) is 0 Å². The van der Waals surface area contributed by atoms with E-state index in [1.807, 2.05) is 12.1 Å². The van der Waals surface area contributed by atoms with Gasteiger partial charge in [-0.2, -0.15) is 0 Å². The molecule has 5 aromatic rings. The van der Waals surface area contributed by atoms with Crippen molar-refractivity contribution in [3.05, 3.63) is 91.0 Å². The van der Waals surface area contributed by atoms with E-state index in [0.29, 0.717) is 0 Å². The third kappa shape index (κ3) is 3.29. The number of fused-ring (bicyclic) bond motifs is 3. The lowest BCUT2D eigenvalue weighted by molar-refractivity contribution is 0.00578. The largest absolute Gasteiger partial charge is 0.494 e. The van der Waals surface area contributed by atoms with Gasteiger partial charge in [0, 0.05) is 16.3 Å². The Morgan fingerprint density at radius 1 is 0.618 bits per heavy atom. The van der Waals surface area contributed by atoms with E-state index < -0.39 is 7.12 Å². The lowest BCUT2D eigenvalue weighted by Gasteiger charge is -2.32. The van der Waals surface area contributed by atoms with E-state index >= 15 is 0 Å². The Morgan fingerprint density at radius 3 is 2.03 bits per heavy atom. The van der Waals surface area contributed by atoms with Crippen LogP contribution in [-0.4, -0.2) is 18.3 Å². The first kappa shape index (κ1) is 21.2. The van der Waals surface area contributed by atoms with Crippen LogP contribution in [0.5, 0.6) is 0 Å². The van der Waals surface area contributed by atoms with Gasteiger partial charge in [0.05, 0.1) is 11.2 Å². The molecule has 34 heavy (non-hydrogen) atoms. The molecule has 0 spiro atoms.